The predicted molar refractivity (Wildman–Crippen MR) is 45.5 cm³/mol. The van der Waals surface area contributed by atoms with Crippen LogP contribution in [0, 0.1) is 18.3 Å². The molecule has 0 aliphatic heterocycles. The number of nitrogens with zero attached hydrogens (tertiary/aromatic N) is 2. The molecule has 0 bridgehead atoms. The van der Waals surface area contributed by atoms with Gasteiger partial charge < -0.3 is 0 Å². The van der Waals surface area contributed by atoms with Crippen molar-refractivity contribution >= 4 is 11.3 Å². The summed E-state index contributed by atoms with van der Waals surface area (Å²) in [6.07, 6.45) is 1.80. The van der Waals surface area contributed by atoms with Gasteiger partial charge in [0.15, 0.2) is 0 Å². The summed E-state index contributed by atoms with van der Waals surface area (Å²) >= 11 is 1.59. The van der Waals surface area contributed by atoms with Crippen molar-refractivity contribution in [1.82, 2.24) is 4.98 Å². The molecule has 0 fully saturated rings. The van der Waals surface area contributed by atoms with Crippen molar-refractivity contribution in [3.05, 3.63) is 16.1 Å². The molecular weight excluding hydrogens is 156 g/mol. The first-order valence-electron chi connectivity index (χ1n) is 3.40. The Morgan fingerprint density at radius 2 is 2.27 bits per heavy atom. The number of aryl methyl sites for hydroxylation is 1. The Kier molecular flexibility index (Phi) is 1.97. The average Bonchev–Trinajstić information content (AvgIpc) is 2.36. The monoisotopic (exact) mass is 166 g/mol. The zero-order valence-electron chi connectivity index (χ0n) is 6.88. The van der Waals surface area contributed by atoms with Gasteiger partial charge in [-0.25, -0.2) is 4.98 Å². The summed E-state index contributed by atoms with van der Waals surface area (Å²) in [6, 6.07) is 2.22. The van der Waals surface area contributed by atoms with Crippen LogP contribution < -0.4 is 0 Å². The lowest BCUT2D eigenvalue weighted by Crippen LogP contribution is -2.12. The number of thiazole rings is 1. The smallest absolute Gasteiger partial charge is 0.112 e. The molecule has 3 heteroatoms. The van der Waals surface area contributed by atoms with Gasteiger partial charge >= 0.3 is 0 Å². The van der Waals surface area contributed by atoms with Crippen LogP contribution in [0.25, 0.3) is 0 Å². The molecule has 58 valence electrons. The fraction of sp³-hybridized carbons (Fsp3) is 0.500. The van der Waals surface area contributed by atoms with Gasteiger partial charge in [-0.15, -0.1) is 11.3 Å². The van der Waals surface area contributed by atoms with Crippen molar-refractivity contribution in [2.75, 3.05) is 0 Å². The van der Waals surface area contributed by atoms with Crippen LogP contribution in [0.4, 0.5) is 0 Å². The van der Waals surface area contributed by atoms with E-state index in [4.69, 9.17) is 5.26 Å². The Balaban J connectivity index is 3.04. The lowest BCUT2D eigenvalue weighted by Gasteiger charge is -2.09. The van der Waals surface area contributed by atoms with Crippen LogP contribution in [0.2, 0.25) is 0 Å². The van der Waals surface area contributed by atoms with E-state index in [2.05, 4.69) is 11.1 Å². The first-order valence-corrected chi connectivity index (χ1v) is 4.22. The minimum Gasteiger partial charge on any atom is -0.248 e. The maximum atomic E-state index is 8.77. The summed E-state index contributed by atoms with van der Waals surface area (Å²) in [4.78, 5) is 5.31. The van der Waals surface area contributed by atoms with Gasteiger partial charge in [-0.1, -0.05) is 0 Å². The van der Waals surface area contributed by atoms with Gasteiger partial charge in [0.2, 0.25) is 0 Å². The lowest BCUT2D eigenvalue weighted by atomic mass is 9.97. The SMILES string of the molecule is Cc1cnc(C(C)(C)C#N)s1. The van der Waals surface area contributed by atoms with Crippen LogP contribution in [0.15, 0.2) is 6.20 Å². The van der Waals surface area contributed by atoms with Gasteiger partial charge in [-0.2, -0.15) is 5.26 Å². The molecule has 0 saturated carbocycles. The van der Waals surface area contributed by atoms with Gasteiger partial charge in [-0.05, 0) is 20.8 Å². The zero-order valence-corrected chi connectivity index (χ0v) is 7.70. The number of rotatable bonds is 1. The third-order valence-corrected chi connectivity index (χ3v) is 2.67. The highest BCUT2D eigenvalue weighted by Crippen LogP contribution is 2.25. The summed E-state index contributed by atoms with van der Waals surface area (Å²) in [5.41, 5.74) is -0.432. The molecule has 1 aromatic rings. The summed E-state index contributed by atoms with van der Waals surface area (Å²) in [5, 5.41) is 9.67. The Labute approximate surface area is 70.5 Å². The second-order valence-corrected chi connectivity index (χ2v) is 4.25. The van der Waals surface area contributed by atoms with Crippen LogP contribution in [0.3, 0.4) is 0 Å². The number of nitriles is 1. The summed E-state index contributed by atoms with van der Waals surface area (Å²) in [6.45, 7) is 5.76. The quantitative estimate of drug-likeness (QED) is 0.641. The molecule has 0 aliphatic carbocycles. The maximum absolute atomic E-state index is 8.77. The highest BCUT2D eigenvalue weighted by molar-refractivity contribution is 7.11. The molecule has 0 aliphatic rings. The molecule has 0 spiro atoms. The third kappa shape index (κ3) is 1.58. The number of hydrogen-bond acceptors (Lipinski definition) is 3. The minimum atomic E-state index is -0.432. The minimum absolute atomic E-state index is 0.432. The van der Waals surface area contributed by atoms with E-state index >= 15 is 0 Å². The Bertz CT molecular complexity index is 293. The fourth-order valence-corrected chi connectivity index (χ4v) is 1.51. The highest BCUT2D eigenvalue weighted by atomic mass is 32.1. The molecular formula is C8H10N2S. The van der Waals surface area contributed by atoms with Gasteiger partial charge in [0.25, 0.3) is 0 Å². The van der Waals surface area contributed by atoms with Crippen LogP contribution in [-0.4, -0.2) is 4.98 Å². The third-order valence-electron chi connectivity index (χ3n) is 1.44. The topological polar surface area (TPSA) is 36.7 Å². The molecule has 0 radical (unpaired) electrons. The standard InChI is InChI=1S/C8H10N2S/c1-6-4-10-7(11-6)8(2,3)5-9/h4H,1-3H3. The van der Waals surface area contributed by atoms with Gasteiger partial charge in [0, 0.05) is 11.1 Å². The van der Waals surface area contributed by atoms with Crippen molar-refractivity contribution in [3.63, 3.8) is 0 Å². The summed E-state index contributed by atoms with van der Waals surface area (Å²) in [7, 11) is 0. The van der Waals surface area contributed by atoms with E-state index < -0.39 is 5.41 Å². The Hall–Kier alpha value is -0.880. The van der Waals surface area contributed by atoms with E-state index in [1.807, 2.05) is 20.8 Å². The first kappa shape index (κ1) is 8.22. The van der Waals surface area contributed by atoms with Crippen LogP contribution in [-0.2, 0) is 5.41 Å². The fourth-order valence-electron chi connectivity index (χ4n) is 0.691. The maximum Gasteiger partial charge on any atom is 0.112 e. The highest BCUT2D eigenvalue weighted by Gasteiger charge is 2.22. The van der Waals surface area contributed by atoms with E-state index in [0.717, 1.165) is 9.88 Å². The molecule has 0 saturated heterocycles. The largest absolute Gasteiger partial charge is 0.248 e. The van der Waals surface area contributed by atoms with Crippen LogP contribution in [0.5, 0.6) is 0 Å². The van der Waals surface area contributed by atoms with E-state index in [9.17, 15) is 0 Å². The van der Waals surface area contributed by atoms with Crippen molar-refractivity contribution < 1.29 is 0 Å². The van der Waals surface area contributed by atoms with Crippen molar-refractivity contribution in [3.8, 4) is 6.07 Å². The Morgan fingerprint density at radius 1 is 1.64 bits per heavy atom. The first-order chi connectivity index (χ1) is 5.06. The van der Waals surface area contributed by atoms with Gasteiger partial charge in [0.1, 0.15) is 10.4 Å². The molecule has 11 heavy (non-hydrogen) atoms. The van der Waals surface area contributed by atoms with Crippen molar-refractivity contribution in [1.29, 1.82) is 5.26 Å². The summed E-state index contributed by atoms with van der Waals surface area (Å²) < 4.78 is 0. The van der Waals surface area contributed by atoms with E-state index in [1.165, 1.54) is 0 Å². The zero-order chi connectivity index (χ0) is 8.48. The normalized spacial score (nSPS) is 11.1. The van der Waals surface area contributed by atoms with Crippen LogP contribution in [0.1, 0.15) is 23.7 Å². The van der Waals surface area contributed by atoms with E-state index in [-0.39, 0.29) is 0 Å². The average molecular weight is 166 g/mol. The van der Waals surface area contributed by atoms with Crippen molar-refractivity contribution in [2.45, 2.75) is 26.2 Å². The second kappa shape index (κ2) is 2.63. The molecule has 1 rings (SSSR count). The molecule has 0 unspecified atom stereocenters. The molecule has 0 aromatic carbocycles. The van der Waals surface area contributed by atoms with Crippen LogP contribution >= 0.6 is 11.3 Å². The van der Waals surface area contributed by atoms with E-state index in [0.29, 0.717) is 0 Å². The summed E-state index contributed by atoms with van der Waals surface area (Å²) in [5.74, 6) is 0. The molecule has 1 heterocycles. The molecule has 0 atom stereocenters. The number of aromatic nitrogens is 1. The molecule has 1 aromatic heterocycles. The molecule has 0 amide bonds. The number of hydrogen-bond donors (Lipinski definition) is 0. The molecule has 0 N–H and O–H groups in total. The van der Waals surface area contributed by atoms with Crippen molar-refractivity contribution in [2.24, 2.45) is 0 Å². The Morgan fingerprint density at radius 3 is 2.64 bits per heavy atom. The van der Waals surface area contributed by atoms with Gasteiger partial charge in [-0.3, -0.25) is 0 Å². The molecule has 2 nitrogen and oxygen atoms in total. The van der Waals surface area contributed by atoms with Gasteiger partial charge in [0.05, 0.1) is 6.07 Å². The lowest BCUT2D eigenvalue weighted by molar-refractivity contribution is 0.680. The predicted octanol–water partition coefficient (Wildman–Crippen LogP) is 2.25. The van der Waals surface area contributed by atoms with E-state index in [1.54, 1.807) is 17.5 Å². The second-order valence-electron chi connectivity index (χ2n) is 3.01.